The second-order valence-corrected chi connectivity index (χ2v) is 7.27. The number of nitrogens with one attached hydrogen (secondary N) is 1. The van der Waals surface area contributed by atoms with Gasteiger partial charge in [0.05, 0.1) is 29.4 Å². The Bertz CT molecular complexity index is 1030. The number of sulfonamides is 1. The molecule has 0 spiro atoms. The molecule has 0 radical (unpaired) electrons. The van der Waals surface area contributed by atoms with E-state index in [-0.39, 0.29) is 26.7 Å². The average molecular weight is 384 g/mol. The molecule has 3 aromatic rings. The topological polar surface area (TPSA) is 98.2 Å². The fraction of sp³-hybridized carbons (Fsp3) is 0.0714. The van der Waals surface area contributed by atoms with Gasteiger partial charge < -0.3 is 4.74 Å². The highest BCUT2D eigenvalue weighted by Crippen LogP contribution is 2.26. The number of aromatic nitrogens is 2. The Morgan fingerprint density at radius 2 is 2.04 bits per heavy atom. The molecule has 1 heterocycles. The van der Waals surface area contributed by atoms with Crippen LogP contribution in [0.1, 0.15) is 10.4 Å². The van der Waals surface area contributed by atoms with E-state index < -0.39 is 16.0 Å². The van der Waals surface area contributed by atoms with E-state index in [2.05, 4.69) is 18.2 Å². The summed E-state index contributed by atoms with van der Waals surface area (Å²) in [5.41, 5.74) is 1.03. The van der Waals surface area contributed by atoms with E-state index >= 15 is 0 Å². The smallest absolute Gasteiger partial charge is 0.339 e. The van der Waals surface area contributed by atoms with Crippen molar-refractivity contribution in [2.45, 2.75) is 4.90 Å². The molecule has 0 bridgehead atoms. The van der Waals surface area contributed by atoms with E-state index in [4.69, 9.17) is 11.6 Å². The van der Waals surface area contributed by atoms with E-state index in [1.54, 1.807) is 12.1 Å². The Balaban J connectivity index is 2.01. The van der Waals surface area contributed by atoms with Gasteiger partial charge in [-0.15, -0.1) is 0 Å². The van der Waals surface area contributed by atoms with Gasteiger partial charge in [-0.05, 0) is 30.3 Å². The number of methoxy groups -OCH3 is 1. The lowest BCUT2D eigenvalue weighted by Gasteiger charge is -2.10. The summed E-state index contributed by atoms with van der Waals surface area (Å²) in [6, 6.07) is 8.87. The molecular weight excluding hydrogens is 374 g/mol. The maximum atomic E-state index is 12.6. The molecule has 0 aliphatic heterocycles. The molecule has 0 aliphatic rings. The lowest BCUT2D eigenvalue weighted by Crippen LogP contribution is -2.14. The first-order chi connectivity index (χ1) is 11.4. The van der Waals surface area contributed by atoms with Crippen LogP contribution in [0.2, 0.25) is 5.02 Å². The first kappa shape index (κ1) is 16.6. The Kier molecular flexibility index (Phi) is 4.39. The molecule has 24 heavy (non-hydrogen) atoms. The van der Waals surface area contributed by atoms with Crippen LogP contribution in [0.4, 0.5) is 5.69 Å². The fourth-order valence-corrected chi connectivity index (χ4v) is 4.08. The number of esters is 1. The van der Waals surface area contributed by atoms with Crippen molar-refractivity contribution in [1.82, 2.24) is 8.75 Å². The van der Waals surface area contributed by atoms with Crippen LogP contribution in [0.3, 0.4) is 0 Å². The number of halogens is 1. The van der Waals surface area contributed by atoms with Crippen LogP contribution >= 0.6 is 23.3 Å². The van der Waals surface area contributed by atoms with Crippen LogP contribution in [0.5, 0.6) is 0 Å². The van der Waals surface area contributed by atoms with Crippen molar-refractivity contribution in [1.29, 1.82) is 0 Å². The predicted octanol–water partition coefficient (Wildman–Crippen LogP) is 2.93. The Morgan fingerprint density at radius 3 is 2.79 bits per heavy atom. The first-order valence-corrected chi connectivity index (χ1v) is 9.13. The van der Waals surface area contributed by atoms with Gasteiger partial charge in [0, 0.05) is 5.69 Å². The molecule has 3 rings (SSSR count). The minimum absolute atomic E-state index is 0.00307. The SMILES string of the molecule is COC(=O)c1cc(NS(=O)(=O)c2cccc3nsnc23)ccc1Cl. The molecule has 124 valence electrons. The van der Waals surface area contributed by atoms with Crippen LogP contribution in [0.15, 0.2) is 41.3 Å². The molecule has 0 saturated carbocycles. The standard InChI is InChI=1S/C14H10ClN3O4S2/c1-22-14(19)9-7-8(5-6-10(9)15)18-24(20,21)12-4-2-3-11-13(12)17-23-16-11/h2-7,18H,1H3. The maximum absolute atomic E-state index is 12.6. The van der Waals surface area contributed by atoms with Gasteiger partial charge in [-0.3, -0.25) is 4.72 Å². The van der Waals surface area contributed by atoms with Crippen LogP contribution in [-0.4, -0.2) is 30.2 Å². The summed E-state index contributed by atoms with van der Waals surface area (Å²) in [6.07, 6.45) is 0. The van der Waals surface area contributed by atoms with E-state index in [0.29, 0.717) is 5.52 Å². The van der Waals surface area contributed by atoms with Crippen molar-refractivity contribution < 1.29 is 17.9 Å². The van der Waals surface area contributed by atoms with Gasteiger partial charge in [0.15, 0.2) is 0 Å². The van der Waals surface area contributed by atoms with Crippen LogP contribution < -0.4 is 4.72 Å². The van der Waals surface area contributed by atoms with Crippen molar-refractivity contribution in [2.24, 2.45) is 0 Å². The maximum Gasteiger partial charge on any atom is 0.339 e. The van der Waals surface area contributed by atoms with E-state index in [9.17, 15) is 13.2 Å². The molecule has 0 unspecified atom stereocenters. The number of carbonyl (C=O) groups is 1. The molecule has 0 aliphatic carbocycles. The molecule has 7 nitrogen and oxygen atoms in total. The van der Waals surface area contributed by atoms with Gasteiger partial charge in [0.25, 0.3) is 10.0 Å². The third kappa shape index (κ3) is 3.05. The number of benzene rings is 2. The molecule has 2 aromatic carbocycles. The van der Waals surface area contributed by atoms with Crippen LogP contribution in [-0.2, 0) is 14.8 Å². The number of nitrogens with zero attached hydrogens (tertiary/aromatic N) is 2. The van der Waals surface area contributed by atoms with Gasteiger partial charge in [0.1, 0.15) is 15.9 Å². The van der Waals surface area contributed by atoms with Crippen molar-refractivity contribution in [3.05, 3.63) is 47.0 Å². The summed E-state index contributed by atoms with van der Waals surface area (Å²) < 4.78 is 40.3. The quantitative estimate of drug-likeness (QED) is 0.695. The number of hydrogen-bond donors (Lipinski definition) is 1. The van der Waals surface area contributed by atoms with Gasteiger partial charge in [-0.25, -0.2) is 13.2 Å². The molecule has 0 amide bonds. The fourth-order valence-electron chi connectivity index (χ4n) is 2.06. The Morgan fingerprint density at radius 1 is 1.25 bits per heavy atom. The van der Waals surface area contributed by atoms with Crippen LogP contribution in [0, 0.1) is 0 Å². The summed E-state index contributed by atoms with van der Waals surface area (Å²) in [7, 11) is -2.70. The molecule has 1 aromatic heterocycles. The second kappa shape index (κ2) is 6.34. The third-order valence-electron chi connectivity index (χ3n) is 3.16. The predicted molar refractivity (Wildman–Crippen MR) is 91.0 cm³/mol. The normalized spacial score (nSPS) is 11.4. The highest BCUT2D eigenvalue weighted by molar-refractivity contribution is 7.93. The van der Waals surface area contributed by atoms with Gasteiger partial charge >= 0.3 is 5.97 Å². The zero-order valence-corrected chi connectivity index (χ0v) is 14.6. The molecule has 1 N–H and O–H groups in total. The number of rotatable bonds is 4. The van der Waals surface area contributed by atoms with Crippen molar-refractivity contribution >= 4 is 56.0 Å². The lowest BCUT2D eigenvalue weighted by atomic mass is 10.2. The Labute approximate surface area is 146 Å². The van der Waals surface area contributed by atoms with Gasteiger partial charge in [-0.1, -0.05) is 17.7 Å². The lowest BCUT2D eigenvalue weighted by molar-refractivity contribution is 0.0601. The van der Waals surface area contributed by atoms with Crippen molar-refractivity contribution in [3.8, 4) is 0 Å². The number of ether oxygens (including phenoxy) is 1. The summed E-state index contributed by atoms with van der Waals surface area (Å²) in [4.78, 5) is 11.7. The number of fused-ring (bicyclic) bond motifs is 1. The minimum atomic E-state index is -3.91. The average Bonchev–Trinajstić information content (AvgIpc) is 3.04. The van der Waals surface area contributed by atoms with Gasteiger partial charge in [0.2, 0.25) is 0 Å². The molecule has 0 fully saturated rings. The zero-order valence-electron chi connectivity index (χ0n) is 12.2. The highest BCUT2D eigenvalue weighted by atomic mass is 35.5. The van der Waals surface area contributed by atoms with E-state index in [0.717, 1.165) is 11.7 Å². The zero-order chi connectivity index (χ0) is 17.3. The van der Waals surface area contributed by atoms with Crippen LogP contribution in [0.25, 0.3) is 11.0 Å². The minimum Gasteiger partial charge on any atom is -0.465 e. The van der Waals surface area contributed by atoms with E-state index in [1.165, 1.54) is 31.4 Å². The largest absolute Gasteiger partial charge is 0.465 e. The highest BCUT2D eigenvalue weighted by Gasteiger charge is 2.21. The molecule has 0 atom stereocenters. The number of anilines is 1. The molecule has 10 heteroatoms. The summed E-state index contributed by atoms with van der Waals surface area (Å²) >= 11 is 6.86. The van der Waals surface area contributed by atoms with Gasteiger partial charge in [-0.2, -0.15) is 8.75 Å². The number of hydrogen-bond acceptors (Lipinski definition) is 7. The van der Waals surface area contributed by atoms with Crippen molar-refractivity contribution in [3.63, 3.8) is 0 Å². The Hall–Kier alpha value is -2.23. The summed E-state index contributed by atoms with van der Waals surface area (Å²) in [6.45, 7) is 0. The summed E-state index contributed by atoms with van der Waals surface area (Å²) in [5, 5.41) is 0.163. The molecular formula is C14H10ClN3O4S2. The monoisotopic (exact) mass is 383 g/mol. The second-order valence-electron chi connectivity index (χ2n) is 4.68. The van der Waals surface area contributed by atoms with Crippen molar-refractivity contribution in [2.75, 3.05) is 11.8 Å². The summed E-state index contributed by atoms with van der Waals surface area (Å²) in [5.74, 6) is -0.660. The number of carbonyl (C=O) groups excluding carboxylic acids is 1. The first-order valence-electron chi connectivity index (χ1n) is 6.54. The molecule has 0 saturated heterocycles. The third-order valence-corrected chi connectivity index (χ3v) is 5.45. The van der Waals surface area contributed by atoms with E-state index in [1.807, 2.05) is 0 Å².